The summed E-state index contributed by atoms with van der Waals surface area (Å²) >= 11 is 1.31. The van der Waals surface area contributed by atoms with Gasteiger partial charge in [0.15, 0.2) is 5.17 Å². The van der Waals surface area contributed by atoms with Crippen LogP contribution in [0.15, 0.2) is 40.5 Å². The number of non-ortho nitro benzene ring substituents is 1. The van der Waals surface area contributed by atoms with E-state index in [0.29, 0.717) is 16.4 Å². The van der Waals surface area contributed by atoms with Gasteiger partial charge in [-0.05, 0) is 31.5 Å². The van der Waals surface area contributed by atoms with Crippen molar-refractivity contribution in [2.75, 3.05) is 20.3 Å². The van der Waals surface area contributed by atoms with Gasteiger partial charge in [0, 0.05) is 19.2 Å². The Morgan fingerprint density at radius 1 is 1.32 bits per heavy atom. The predicted octanol–water partition coefficient (Wildman–Crippen LogP) is 2.43. The molecular weight excluding hydrogens is 386 g/mol. The van der Waals surface area contributed by atoms with Gasteiger partial charge in [0.05, 0.1) is 34.1 Å². The summed E-state index contributed by atoms with van der Waals surface area (Å²) in [4.78, 5) is 41.9. The van der Waals surface area contributed by atoms with Crippen LogP contribution in [0.5, 0.6) is 0 Å². The molecule has 10 heteroatoms. The standard InChI is InChI=1S/C18H19N3O6S/c1-10-14(17(23)27-9-8-26-3)15(12-4-6-13(7-5-12)21(24)25)20-16(22)11(2)28-18(20)19-10/h4-7,11,15H,8-9H2,1-3H3. The summed E-state index contributed by atoms with van der Waals surface area (Å²) in [5.41, 5.74) is 1.18. The fourth-order valence-electron chi connectivity index (χ4n) is 3.05. The van der Waals surface area contributed by atoms with Crippen molar-refractivity contribution in [3.05, 3.63) is 51.2 Å². The summed E-state index contributed by atoms with van der Waals surface area (Å²) in [5, 5.41) is 11.1. The number of amides is 1. The number of benzene rings is 1. The van der Waals surface area contributed by atoms with Crippen LogP contribution >= 0.6 is 11.8 Å². The van der Waals surface area contributed by atoms with Crippen molar-refractivity contribution in [2.24, 2.45) is 4.99 Å². The van der Waals surface area contributed by atoms with Gasteiger partial charge in [-0.1, -0.05) is 11.8 Å². The molecule has 1 fully saturated rings. The van der Waals surface area contributed by atoms with Crippen LogP contribution in [0, 0.1) is 10.1 Å². The number of amidine groups is 1. The number of allylic oxidation sites excluding steroid dienone is 1. The Labute approximate surface area is 165 Å². The molecule has 0 bridgehead atoms. The van der Waals surface area contributed by atoms with Crippen molar-refractivity contribution in [2.45, 2.75) is 25.1 Å². The fourth-order valence-corrected chi connectivity index (χ4v) is 4.08. The first-order chi connectivity index (χ1) is 13.3. The predicted molar refractivity (Wildman–Crippen MR) is 103 cm³/mol. The second-order valence-electron chi connectivity index (χ2n) is 6.24. The molecule has 2 aliphatic heterocycles. The van der Waals surface area contributed by atoms with Crippen molar-refractivity contribution < 1.29 is 24.0 Å². The van der Waals surface area contributed by atoms with Crippen LogP contribution in [0.4, 0.5) is 5.69 Å². The molecule has 1 amide bonds. The third-order valence-electron chi connectivity index (χ3n) is 4.42. The number of methoxy groups -OCH3 is 1. The highest BCUT2D eigenvalue weighted by molar-refractivity contribution is 8.15. The number of ether oxygens (including phenoxy) is 2. The second-order valence-corrected chi connectivity index (χ2v) is 7.55. The average molecular weight is 405 g/mol. The first kappa shape index (κ1) is 20.0. The Kier molecular flexibility index (Phi) is 5.80. The van der Waals surface area contributed by atoms with Gasteiger partial charge in [-0.15, -0.1) is 0 Å². The third-order valence-corrected chi connectivity index (χ3v) is 5.47. The molecule has 0 spiro atoms. The van der Waals surface area contributed by atoms with Gasteiger partial charge in [0.1, 0.15) is 6.61 Å². The van der Waals surface area contributed by atoms with Crippen LogP contribution in [0.3, 0.4) is 0 Å². The molecular formula is C18H19N3O6S. The van der Waals surface area contributed by atoms with Crippen molar-refractivity contribution in [1.82, 2.24) is 4.90 Å². The van der Waals surface area contributed by atoms with E-state index < -0.39 is 16.9 Å². The summed E-state index contributed by atoms with van der Waals surface area (Å²) in [6.45, 7) is 3.76. The highest BCUT2D eigenvalue weighted by Gasteiger charge is 2.46. The molecule has 2 heterocycles. The second kappa shape index (κ2) is 8.11. The Balaban J connectivity index is 2.04. The molecule has 1 saturated heterocycles. The molecule has 0 aliphatic carbocycles. The lowest BCUT2D eigenvalue weighted by Gasteiger charge is -2.33. The van der Waals surface area contributed by atoms with Gasteiger partial charge in [-0.3, -0.25) is 19.8 Å². The van der Waals surface area contributed by atoms with E-state index in [-0.39, 0.29) is 35.6 Å². The van der Waals surface area contributed by atoms with Crippen LogP contribution in [-0.4, -0.2) is 52.4 Å². The van der Waals surface area contributed by atoms with Crippen molar-refractivity contribution in [3.8, 4) is 0 Å². The molecule has 0 aromatic heterocycles. The number of thioether (sulfide) groups is 1. The van der Waals surface area contributed by atoms with E-state index in [0.717, 1.165) is 0 Å². The van der Waals surface area contributed by atoms with Gasteiger partial charge in [0.2, 0.25) is 5.91 Å². The van der Waals surface area contributed by atoms with E-state index in [1.54, 1.807) is 26.0 Å². The molecule has 28 heavy (non-hydrogen) atoms. The lowest BCUT2D eigenvalue weighted by atomic mass is 9.94. The summed E-state index contributed by atoms with van der Waals surface area (Å²) in [7, 11) is 1.50. The zero-order valence-electron chi connectivity index (χ0n) is 15.6. The molecule has 2 atom stereocenters. The zero-order chi connectivity index (χ0) is 20.4. The minimum absolute atomic E-state index is 0.0643. The number of carbonyl (C=O) groups excluding carboxylic acids is 2. The van der Waals surface area contributed by atoms with Gasteiger partial charge in [-0.25, -0.2) is 9.79 Å². The molecule has 0 N–H and O–H groups in total. The molecule has 1 aromatic rings. The Bertz CT molecular complexity index is 880. The quantitative estimate of drug-likeness (QED) is 0.309. The molecule has 1 aromatic carbocycles. The maximum Gasteiger partial charge on any atom is 0.338 e. The average Bonchev–Trinajstić information content (AvgIpc) is 2.94. The minimum atomic E-state index is -0.756. The summed E-state index contributed by atoms with van der Waals surface area (Å²) in [6, 6.07) is 5.03. The van der Waals surface area contributed by atoms with Gasteiger partial charge in [0.25, 0.3) is 5.69 Å². The lowest BCUT2D eigenvalue weighted by Crippen LogP contribution is -2.40. The number of fused-ring (bicyclic) bond motifs is 1. The fraction of sp³-hybridized carbons (Fsp3) is 0.389. The number of aliphatic imine (C=N–C) groups is 1. The van der Waals surface area contributed by atoms with Crippen molar-refractivity contribution in [3.63, 3.8) is 0 Å². The van der Waals surface area contributed by atoms with Crippen LogP contribution in [-0.2, 0) is 19.1 Å². The highest BCUT2D eigenvalue weighted by Crippen LogP contribution is 2.43. The molecule has 0 saturated carbocycles. The van der Waals surface area contributed by atoms with E-state index in [4.69, 9.17) is 9.47 Å². The first-order valence-electron chi connectivity index (χ1n) is 8.54. The molecule has 0 radical (unpaired) electrons. The number of nitrogens with zero attached hydrogens (tertiary/aromatic N) is 3. The van der Waals surface area contributed by atoms with E-state index in [9.17, 15) is 19.7 Å². The number of carbonyl (C=O) groups is 2. The highest BCUT2D eigenvalue weighted by atomic mass is 32.2. The van der Waals surface area contributed by atoms with Crippen LogP contribution < -0.4 is 0 Å². The van der Waals surface area contributed by atoms with Crippen molar-refractivity contribution in [1.29, 1.82) is 0 Å². The van der Waals surface area contributed by atoms with Gasteiger partial charge >= 0.3 is 5.97 Å². The minimum Gasteiger partial charge on any atom is -0.460 e. The molecule has 3 rings (SSSR count). The molecule has 148 valence electrons. The van der Waals surface area contributed by atoms with E-state index in [2.05, 4.69) is 4.99 Å². The maximum absolute atomic E-state index is 12.8. The van der Waals surface area contributed by atoms with Gasteiger partial charge in [-0.2, -0.15) is 0 Å². The van der Waals surface area contributed by atoms with Crippen LogP contribution in [0.25, 0.3) is 0 Å². The van der Waals surface area contributed by atoms with Crippen LogP contribution in [0.1, 0.15) is 25.5 Å². The number of hydrogen-bond acceptors (Lipinski definition) is 8. The van der Waals surface area contributed by atoms with Crippen molar-refractivity contribution >= 4 is 34.5 Å². The Morgan fingerprint density at radius 3 is 2.61 bits per heavy atom. The lowest BCUT2D eigenvalue weighted by molar-refractivity contribution is -0.384. The Morgan fingerprint density at radius 2 is 2.00 bits per heavy atom. The first-order valence-corrected chi connectivity index (χ1v) is 9.42. The molecule has 9 nitrogen and oxygen atoms in total. The summed E-state index contributed by atoms with van der Waals surface area (Å²) in [5.74, 6) is -0.778. The summed E-state index contributed by atoms with van der Waals surface area (Å²) < 4.78 is 10.2. The molecule has 2 unspecified atom stereocenters. The number of rotatable bonds is 6. The van der Waals surface area contributed by atoms with Crippen LogP contribution in [0.2, 0.25) is 0 Å². The SMILES string of the molecule is COCCOC(=O)C1=C(C)N=C2SC(C)C(=O)N2C1c1ccc([N+](=O)[O-])cc1. The maximum atomic E-state index is 12.8. The number of nitro groups is 1. The third kappa shape index (κ3) is 3.65. The zero-order valence-corrected chi connectivity index (χ0v) is 16.4. The normalized spacial score (nSPS) is 21.5. The topological polar surface area (TPSA) is 111 Å². The Hall–Kier alpha value is -2.72. The summed E-state index contributed by atoms with van der Waals surface area (Å²) in [6.07, 6.45) is 0. The largest absolute Gasteiger partial charge is 0.460 e. The van der Waals surface area contributed by atoms with Gasteiger partial charge < -0.3 is 9.47 Å². The monoisotopic (exact) mass is 405 g/mol. The number of nitro benzene ring substituents is 1. The number of esters is 1. The van der Waals surface area contributed by atoms with E-state index in [1.807, 2.05) is 0 Å². The number of hydrogen-bond donors (Lipinski definition) is 0. The smallest absolute Gasteiger partial charge is 0.338 e. The molecule has 2 aliphatic rings. The van der Waals surface area contributed by atoms with E-state index >= 15 is 0 Å². The van der Waals surface area contributed by atoms with E-state index in [1.165, 1.54) is 35.9 Å².